The Balaban J connectivity index is 0. The van der Waals surface area contributed by atoms with Crippen LogP contribution in [0.5, 0.6) is 0 Å². The van der Waals surface area contributed by atoms with Crippen LogP contribution in [0.4, 0.5) is 0 Å². The van der Waals surface area contributed by atoms with E-state index in [4.69, 9.17) is 0 Å². The summed E-state index contributed by atoms with van der Waals surface area (Å²) in [7, 11) is 0. The first-order valence-electron chi connectivity index (χ1n) is 0. The minimum Gasteiger partial charge on any atom is -2.00 e. The smallest absolute Gasteiger partial charge is 2.00 e. The van der Waals surface area contributed by atoms with Crippen molar-refractivity contribution in [2.75, 3.05) is 0 Å². The molecule has 0 unspecified atom stereocenters. The van der Waals surface area contributed by atoms with Crippen LogP contribution in [0.2, 0.25) is 0 Å². The van der Waals surface area contributed by atoms with E-state index in [-0.39, 0.29) is 116 Å². The maximum Gasteiger partial charge on any atom is 4.00 e. The third-order valence-electron chi connectivity index (χ3n) is 0. The van der Waals surface area contributed by atoms with Crippen molar-refractivity contribution in [3.63, 3.8) is 0 Å². The van der Waals surface area contributed by atoms with Crippen molar-refractivity contribution in [2.24, 2.45) is 0 Å². The Morgan fingerprint density at radius 1 is 0.833 bits per heavy atom. The first-order valence-corrected chi connectivity index (χ1v) is 0. The van der Waals surface area contributed by atoms with Crippen LogP contribution in [0.25, 0.3) is 0 Å². The molecule has 0 bridgehead atoms. The molecule has 0 saturated heterocycles. The Hall–Kier alpha value is 3.26. The fourth-order valence-electron chi connectivity index (χ4n) is 0. The fraction of sp³-hybridized carbons (Fsp3) is 0. The second-order valence-electron chi connectivity index (χ2n) is 0. The molecule has 0 saturated carbocycles. The van der Waals surface area contributed by atoms with Crippen LogP contribution >= 0.6 is 0 Å². The SMILES string of the molecule is [Ba+2].[Cr+3].[Cu+2].[O-2].[O-2].[Ti+4]. The molecule has 2 nitrogen and oxygen atoms in total. The predicted octanol–water partition coefficient (Wildman–Crippen LogP) is -0.626. The van der Waals surface area contributed by atoms with Crippen LogP contribution < -0.4 is 0 Å². The van der Waals surface area contributed by atoms with Gasteiger partial charge >= 0.3 is 105 Å². The second kappa shape index (κ2) is 41.0. The summed E-state index contributed by atoms with van der Waals surface area (Å²) in [6.07, 6.45) is 0. The molecule has 0 heterocycles. The molecule has 0 aromatic heterocycles. The van der Waals surface area contributed by atoms with Crippen LogP contribution in [-0.4, -0.2) is 48.9 Å². The van der Waals surface area contributed by atoms with Gasteiger partial charge in [0.25, 0.3) is 0 Å². The zero-order valence-corrected chi connectivity index (χ0v) is 11.0. The van der Waals surface area contributed by atoms with Gasteiger partial charge in [-0.05, 0) is 0 Å². The van der Waals surface area contributed by atoms with Crippen molar-refractivity contribution >= 4 is 48.9 Å². The third-order valence-corrected chi connectivity index (χ3v) is 0. The third kappa shape index (κ3) is 26.8. The molecule has 0 aliphatic heterocycles. The fourth-order valence-corrected chi connectivity index (χ4v) is 0. The molecule has 0 spiro atoms. The van der Waals surface area contributed by atoms with Gasteiger partial charge in [0, 0.05) is 0 Å². The largest absolute Gasteiger partial charge is 4.00 e. The van der Waals surface area contributed by atoms with Crippen molar-refractivity contribution in [2.45, 2.75) is 0 Å². The van der Waals surface area contributed by atoms with Crippen LogP contribution in [0.3, 0.4) is 0 Å². The van der Waals surface area contributed by atoms with E-state index in [9.17, 15) is 0 Å². The van der Waals surface area contributed by atoms with E-state index in [2.05, 4.69) is 0 Å². The maximum absolute atomic E-state index is 0. The Labute approximate surface area is 113 Å². The summed E-state index contributed by atoms with van der Waals surface area (Å²) in [6, 6.07) is 0. The molecule has 0 aliphatic rings. The van der Waals surface area contributed by atoms with E-state index in [1.807, 2.05) is 0 Å². The van der Waals surface area contributed by atoms with E-state index in [0.717, 1.165) is 0 Å². The zero-order chi connectivity index (χ0) is 0. The van der Waals surface area contributed by atoms with Crippen LogP contribution in [0.1, 0.15) is 0 Å². The van der Waals surface area contributed by atoms with Gasteiger partial charge < -0.3 is 11.0 Å². The van der Waals surface area contributed by atoms with Gasteiger partial charge in [0.2, 0.25) is 0 Å². The van der Waals surface area contributed by atoms with Gasteiger partial charge in [-0.2, -0.15) is 0 Å². The van der Waals surface area contributed by atoms with Gasteiger partial charge in [-0.1, -0.05) is 0 Å². The summed E-state index contributed by atoms with van der Waals surface area (Å²) in [5.41, 5.74) is 0. The molecular formula is BaCrCuO2Ti+7. The Kier molecular flexibility index (Phi) is 406. The zero-order valence-electron chi connectivity index (χ0n) is 2.73. The average Bonchev–Trinajstić information content (AvgIpc) is 0. The molecule has 0 amide bonds. The number of hydrogen-bond donors (Lipinski definition) is 0. The summed E-state index contributed by atoms with van der Waals surface area (Å²) in [4.78, 5) is 0. The molecule has 0 aliphatic carbocycles. The van der Waals surface area contributed by atoms with Crippen molar-refractivity contribution in [3.05, 3.63) is 0 Å². The van der Waals surface area contributed by atoms with Gasteiger partial charge in [0.1, 0.15) is 0 Å². The predicted molar refractivity (Wildman–Crippen MR) is 7.13 cm³/mol. The van der Waals surface area contributed by atoms with Crippen molar-refractivity contribution in [3.8, 4) is 0 Å². The van der Waals surface area contributed by atoms with Crippen LogP contribution in [0, 0.1) is 0 Å². The molecule has 28 valence electrons. The molecule has 0 N–H and O–H groups in total. The van der Waals surface area contributed by atoms with Crippen LogP contribution in [-0.2, 0) is 67.1 Å². The summed E-state index contributed by atoms with van der Waals surface area (Å²) in [5.74, 6) is 0. The molecule has 0 rings (SSSR count). The summed E-state index contributed by atoms with van der Waals surface area (Å²) < 4.78 is 0. The van der Waals surface area contributed by atoms with Gasteiger partial charge in [-0.25, -0.2) is 0 Å². The summed E-state index contributed by atoms with van der Waals surface area (Å²) in [5, 5.41) is 0. The van der Waals surface area contributed by atoms with E-state index in [1.54, 1.807) is 0 Å². The first kappa shape index (κ1) is 59.5. The summed E-state index contributed by atoms with van der Waals surface area (Å²) in [6.45, 7) is 0. The molecule has 0 atom stereocenters. The average molecular weight is 333 g/mol. The minimum atomic E-state index is 0. The van der Waals surface area contributed by atoms with Crippen LogP contribution in [0.15, 0.2) is 0 Å². The number of rotatable bonds is 0. The van der Waals surface area contributed by atoms with E-state index < -0.39 is 0 Å². The molecule has 0 fully saturated rings. The molecule has 0 aromatic rings. The van der Waals surface area contributed by atoms with Gasteiger partial charge in [0.15, 0.2) is 0 Å². The van der Waals surface area contributed by atoms with Crippen molar-refractivity contribution < 1.29 is 67.1 Å². The Bertz CT molecular complexity index is 13.5. The topological polar surface area (TPSA) is 57.0 Å². The normalized spacial score (nSPS) is 0. The maximum atomic E-state index is 0. The van der Waals surface area contributed by atoms with Gasteiger partial charge in [-0.15, -0.1) is 0 Å². The first-order chi connectivity index (χ1) is 0. The van der Waals surface area contributed by atoms with Gasteiger partial charge in [-0.3, -0.25) is 0 Å². The molecule has 6 heavy (non-hydrogen) atoms. The van der Waals surface area contributed by atoms with E-state index >= 15 is 0 Å². The quantitative estimate of drug-likeness (QED) is 0.531. The summed E-state index contributed by atoms with van der Waals surface area (Å²) >= 11 is 0. The van der Waals surface area contributed by atoms with Gasteiger partial charge in [0.05, 0.1) is 0 Å². The second-order valence-corrected chi connectivity index (χ2v) is 0. The van der Waals surface area contributed by atoms with E-state index in [1.165, 1.54) is 0 Å². The molecular weight excluding hydrogens is 333 g/mol. The molecule has 2 radical (unpaired) electrons. The standard InChI is InChI=1S/Ba.Cr.Cu.2O.Ti/q+2;+3;+2;2*-2;+4. The monoisotopic (exact) mass is 333 g/mol. The van der Waals surface area contributed by atoms with Crippen molar-refractivity contribution in [1.29, 1.82) is 0 Å². The Morgan fingerprint density at radius 2 is 0.833 bits per heavy atom. The molecule has 0 aromatic carbocycles. The molecule has 6 heteroatoms. The van der Waals surface area contributed by atoms with E-state index in [0.29, 0.717) is 0 Å². The Morgan fingerprint density at radius 3 is 0.833 bits per heavy atom. The number of hydrogen-bond acceptors (Lipinski definition) is 0. The minimum absolute atomic E-state index is 0. The van der Waals surface area contributed by atoms with Crippen molar-refractivity contribution in [1.82, 2.24) is 0 Å².